The molecule has 4 aromatic carbocycles. The first-order valence-corrected chi connectivity index (χ1v) is 14.5. The highest BCUT2D eigenvalue weighted by molar-refractivity contribution is 7.99. The van der Waals surface area contributed by atoms with Crippen LogP contribution in [0, 0.1) is 15.9 Å². The molecule has 0 spiro atoms. The third-order valence-corrected chi connectivity index (χ3v) is 8.00. The Hall–Kier alpha value is -4.75. The van der Waals surface area contributed by atoms with Gasteiger partial charge in [-0.05, 0) is 60.7 Å². The van der Waals surface area contributed by atoms with Crippen LogP contribution in [-0.4, -0.2) is 37.5 Å². The smallest absolute Gasteiger partial charge is 0.293 e. The van der Waals surface area contributed by atoms with E-state index in [0.717, 1.165) is 23.1 Å². The van der Waals surface area contributed by atoms with Crippen LogP contribution >= 0.6 is 11.8 Å². The SMILES string of the molecule is O=C(NS(=O)(=O)c1ccc(NCCSc2ccccc2)c([N+](=O)[O-])c1)c1ccc(NC(=O)c2ccccc2F)cc1. The van der Waals surface area contributed by atoms with Crippen molar-refractivity contribution in [2.75, 3.05) is 22.9 Å². The van der Waals surface area contributed by atoms with E-state index in [9.17, 15) is 32.5 Å². The molecule has 0 fully saturated rings. The van der Waals surface area contributed by atoms with Crippen molar-refractivity contribution < 1.29 is 27.3 Å². The van der Waals surface area contributed by atoms with Crippen molar-refractivity contribution in [3.05, 3.63) is 124 Å². The summed E-state index contributed by atoms with van der Waals surface area (Å²) in [6.45, 7) is 0.389. The molecular formula is C28H23FN4O6S2. The number of amides is 2. The minimum absolute atomic E-state index is 0.0545. The number of hydrogen-bond acceptors (Lipinski definition) is 8. The molecule has 10 nitrogen and oxygen atoms in total. The second-order valence-electron chi connectivity index (χ2n) is 8.47. The van der Waals surface area contributed by atoms with Gasteiger partial charge >= 0.3 is 0 Å². The van der Waals surface area contributed by atoms with Gasteiger partial charge in [-0.25, -0.2) is 17.5 Å². The number of nitrogens with zero attached hydrogens (tertiary/aromatic N) is 1. The van der Waals surface area contributed by atoms with Gasteiger partial charge in [0.15, 0.2) is 0 Å². The number of rotatable bonds is 11. The molecule has 0 heterocycles. The van der Waals surface area contributed by atoms with Crippen LogP contribution in [0.4, 0.5) is 21.5 Å². The van der Waals surface area contributed by atoms with Crippen LogP contribution < -0.4 is 15.4 Å². The van der Waals surface area contributed by atoms with Crippen LogP contribution in [0.5, 0.6) is 0 Å². The van der Waals surface area contributed by atoms with E-state index in [4.69, 9.17) is 0 Å². The number of hydrogen-bond donors (Lipinski definition) is 3. The summed E-state index contributed by atoms with van der Waals surface area (Å²) in [5, 5.41) is 17.1. The first kappa shape index (κ1) is 29.2. The number of thioether (sulfide) groups is 1. The molecule has 4 rings (SSSR count). The average molecular weight is 595 g/mol. The molecule has 0 aliphatic heterocycles. The van der Waals surface area contributed by atoms with E-state index in [1.54, 1.807) is 11.8 Å². The molecule has 0 atom stereocenters. The van der Waals surface area contributed by atoms with Crippen molar-refractivity contribution in [1.82, 2.24) is 4.72 Å². The summed E-state index contributed by atoms with van der Waals surface area (Å²) < 4.78 is 41.4. The summed E-state index contributed by atoms with van der Waals surface area (Å²) in [5.74, 6) is -1.77. The Bertz CT molecular complexity index is 1680. The predicted octanol–water partition coefficient (Wildman–Crippen LogP) is 5.31. The molecule has 2 amide bonds. The molecule has 13 heteroatoms. The predicted molar refractivity (Wildman–Crippen MR) is 154 cm³/mol. The molecule has 41 heavy (non-hydrogen) atoms. The van der Waals surface area contributed by atoms with Crippen molar-refractivity contribution >= 4 is 50.7 Å². The highest BCUT2D eigenvalue weighted by Gasteiger charge is 2.24. The Morgan fingerprint density at radius 3 is 2.24 bits per heavy atom. The van der Waals surface area contributed by atoms with Gasteiger partial charge in [-0.2, -0.15) is 0 Å². The maximum absolute atomic E-state index is 13.8. The number of carbonyl (C=O) groups excluding carboxylic acids is 2. The van der Waals surface area contributed by atoms with E-state index in [1.807, 2.05) is 35.1 Å². The normalized spacial score (nSPS) is 11.0. The van der Waals surface area contributed by atoms with Gasteiger partial charge in [-0.15, -0.1) is 11.8 Å². The summed E-state index contributed by atoms with van der Waals surface area (Å²) in [6, 6.07) is 23.6. The van der Waals surface area contributed by atoms with Gasteiger partial charge in [0.1, 0.15) is 11.5 Å². The number of anilines is 2. The molecule has 4 aromatic rings. The Labute approximate surface area is 239 Å². The van der Waals surface area contributed by atoms with Crippen molar-refractivity contribution in [3.63, 3.8) is 0 Å². The zero-order valence-electron chi connectivity index (χ0n) is 21.2. The molecule has 0 bridgehead atoms. The van der Waals surface area contributed by atoms with Gasteiger partial charge in [0.2, 0.25) is 0 Å². The Morgan fingerprint density at radius 1 is 0.878 bits per heavy atom. The topological polar surface area (TPSA) is 148 Å². The van der Waals surface area contributed by atoms with Crippen LogP contribution in [0.25, 0.3) is 0 Å². The van der Waals surface area contributed by atoms with Gasteiger partial charge < -0.3 is 10.6 Å². The molecule has 3 N–H and O–H groups in total. The second-order valence-corrected chi connectivity index (χ2v) is 11.3. The maximum Gasteiger partial charge on any atom is 0.293 e. The Kier molecular flexibility index (Phi) is 9.32. The van der Waals surface area contributed by atoms with E-state index in [-0.39, 0.29) is 22.5 Å². The Balaban J connectivity index is 1.39. The van der Waals surface area contributed by atoms with Crippen LogP contribution in [0.3, 0.4) is 0 Å². The van der Waals surface area contributed by atoms with Gasteiger partial charge in [-0.3, -0.25) is 19.7 Å². The van der Waals surface area contributed by atoms with Crippen LogP contribution in [0.2, 0.25) is 0 Å². The highest BCUT2D eigenvalue weighted by Crippen LogP contribution is 2.28. The summed E-state index contributed by atoms with van der Waals surface area (Å²) in [5.41, 5.74) is -0.288. The number of nitro benzene ring substituents is 1. The first-order chi connectivity index (χ1) is 19.6. The van der Waals surface area contributed by atoms with E-state index in [0.29, 0.717) is 12.3 Å². The van der Waals surface area contributed by atoms with Crippen LogP contribution in [0.1, 0.15) is 20.7 Å². The largest absolute Gasteiger partial charge is 0.379 e. The summed E-state index contributed by atoms with van der Waals surface area (Å²) in [7, 11) is -4.46. The summed E-state index contributed by atoms with van der Waals surface area (Å²) in [4.78, 5) is 36.4. The van der Waals surface area contributed by atoms with Crippen molar-refractivity contribution in [2.45, 2.75) is 9.79 Å². The van der Waals surface area contributed by atoms with E-state index in [1.165, 1.54) is 48.5 Å². The summed E-state index contributed by atoms with van der Waals surface area (Å²) >= 11 is 1.56. The molecule has 0 radical (unpaired) electrons. The minimum atomic E-state index is -4.46. The number of nitro groups is 1. The number of nitrogens with one attached hydrogen (secondary N) is 3. The minimum Gasteiger partial charge on any atom is -0.379 e. The Morgan fingerprint density at radius 2 is 1.56 bits per heavy atom. The average Bonchev–Trinajstić information content (AvgIpc) is 2.96. The molecule has 0 unspecified atom stereocenters. The van der Waals surface area contributed by atoms with E-state index < -0.39 is 43.2 Å². The van der Waals surface area contributed by atoms with Gasteiger partial charge in [0.25, 0.3) is 27.5 Å². The monoisotopic (exact) mass is 594 g/mol. The lowest BCUT2D eigenvalue weighted by Crippen LogP contribution is -2.30. The molecule has 0 aromatic heterocycles. The molecule has 210 valence electrons. The zero-order valence-corrected chi connectivity index (χ0v) is 22.9. The third-order valence-electron chi connectivity index (χ3n) is 5.66. The number of halogens is 1. The number of carbonyl (C=O) groups is 2. The van der Waals surface area contributed by atoms with Gasteiger partial charge in [-0.1, -0.05) is 30.3 Å². The molecular weight excluding hydrogens is 571 g/mol. The second kappa shape index (κ2) is 13.1. The third kappa shape index (κ3) is 7.68. The van der Waals surface area contributed by atoms with Gasteiger partial charge in [0.05, 0.1) is 15.4 Å². The van der Waals surface area contributed by atoms with E-state index >= 15 is 0 Å². The number of benzene rings is 4. The van der Waals surface area contributed by atoms with Crippen molar-refractivity contribution in [3.8, 4) is 0 Å². The fourth-order valence-electron chi connectivity index (χ4n) is 3.64. The first-order valence-electron chi connectivity index (χ1n) is 12.1. The lowest BCUT2D eigenvalue weighted by atomic mass is 10.1. The lowest BCUT2D eigenvalue weighted by Gasteiger charge is -2.11. The lowest BCUT2D eigenvalue weighted by molar-refractivity contribution is -0.384. The highest BCUT2D eigenvalue weighted by atomic mass is 32.2. The number of sulfonamides is 1. The van der Waals surface area contributed by atoms with Crippen molar-refractivity contribution in [2.24, 2.45) is 0 Å². The molecule has 0 saturated carbocycles. The maximum atomic E-state index is 13.8. The van der Waals surface area contributed by atoms with Gasteiger partial charge in [0, 0.05) is 34.5 Å². The quantitative estimate of drug-likeness (QED) is 0.0916. The fourth-order valence-corrected chi connectivity index (χ4v) is 5.42. The van der Waals surface area contributed by atoms with Crippen LogP contribution in [-0.2, 0) is 10.0 Å². The summed E-state index contributed by atoms with van der Waals surface area (Å²) in [6.07, 6.45) is 0. The standard InChI is InChI=1S/C28H23FN4O6S2/c29-24-9-5-4-8-23(24)28(35)31-20-12-10-19(11-13-20)27(34)32-41(38,39)22-14-15-25(26(18-22)33(36)37)30-16-17-40-21-6-2-1-3-7-21/h1-15,18,30H,16-17H2,(H,31,35)(H,32,34). The van der Waals surface area contributed by atoms with Crippen molar-refractivity contribution in [1.29, 1.82) is 0 Å². The molecule has 0 saturated heterocycles. The molecule has 0 aliphatic rings. The fraction of sp³-hybridized carbons (Fsp3) is 0.0714. The zero-order chi connectivity index (χ0) is 29.4. The van der Waals surface area contributed by atoms with E-state index in [2.05, 4.69) is 10.6 Å². The van der Waals surface area contributed by atoms with Crippen LogP contribution in [0.15, 0.2) is 107 Å². The molecule has 0 aliphatic carbocycles.